The molecular formula is C19H22O9. The van der Waals surface area contributed by atoms with Crippen LogP contribution in [0.15, 0.2) is 36.1 Å². The van der Waals surface area contributed by atoms with E-state index >= 15 is 0 Å². The maximum Gasteiger partial charge on any atom is 0.307 e. The largest absolute Gasteiger partial charge is 0.497 e. The molecular weight excluding hydrogens is 372 g/mol. The van der Waals surface area contributed by atoms with Gasteiger partial charge in [-0.3, -0.25) is 14.4 Å². The summed E-state index contributed by atoms with van der Waals surface area (Å²) in [7, 11) is 1.54. The molecule has 1 aromatic carbocycles. The van der Waals surface area contributed by atoms with Gasteiger partial charge < -0.3 is 28.4 Å². The number of hydrogen-bond acceptors (Lipinski definition) is 9. The Morgan fingerprint density at radius 1 is 0.964 bits per heavy atom. The first-order valence-corrected chi connectivity index (χ1v) is 8.45. The van der Waals surface area contributed by atoms with Gasteiger partial charge in [-0.2, -0.15) is 0 Å². The van der Waals surface area contributed by atoms with Crippen molar-refractivity contribution < 1.29 is 42.8 Å². The van der Waals surface area contributed by atoms with Crippen LogP contribution in [0.1, 0.15) is 20.8 Å². The van der Waals surface area contributed by atoms with Gasteiger partial charge in [0.15, 0.2) is 11.9 Å². The first-order valence-electron chi connectivity index (χ1n) is 8.45. The van der Waals surface area contributed by atoms with Gasteiger partial charge >= 0.3 is 17.9 Å². The molecule has 0 saturated heterocycles. The molecule has 1 aliphatic rings. The normalized spacial score (nSPS) is 21.1. The summed E-state index contributed by atoms with van der Waals surface area (Å²) in [6, 6.07) is 6.66. The predicted octanol–water partition coefficient (Wildman–Crippen LogP) is 1.74. The number of ether oxygens (including phenoxy) is 6. The Hall–Kier alpha value is -3.07. The Morgan fingerprint density at radius 3 is 2.14 bits per heavy atom. The van der Waals surface area contributed by atoms with Crippen molar-refractivity contribution in [3.05, 3.63) is 36.1 Å². The lowest BCUT2D eigenvalue weighted by molar-refractivity contribution is -0.192. The molecule has 1 heterocycles. The van der Waals surface area contributed by atoms with Crippen LogP contribution in [0.25, 0.3) is 0 Å². The number of carbonyl (C=O) groups excluding carboxylic acids is 3. The van der Waals surface area contributed by atoms with Crippen molar-refractivity contribution in [2.45, 2.75) is 39.3 Å². The van der Waals surface area contributed by atoms with Gasteiger partial charge in [-0.25, -0.2) is 0 Å². The standard InChI is InChI=1S/C19H22O9/c1-11(20)24-10-18-16(25-12(2)21)9-17(26-13(3)22)19(28-18)27-15-7-5-14(23-4)6-8-15/h5-9,16,18-19H,10H2,1-4H3/t16-,18+,19-/m0/s1. The summed E-state index contributed by atoms with van der Waals surface area (Å²) >= 11 is 0. The molecule has 0 bridgehead atoms. The van der Waals surface area contributed by atoms with Crippen LogP contribution in [-0.2, 0) is 33.3 Å². The van der Waals surface area contributed by atoms with E-state index in [1.807, 2.05) is 0 Å². The zero-order valence-corrected chi connectivity index (χ0v) is 16.0. The van der Waals surface area contributed by atoms with Crippen LogP contribution in [0.3, 0.4) is 0 Å². The van der Waals surface area contributed by atoms with E-state index in [0.717, 1.165) is 0 Å². The maximum atomic E-state index is 11.5. The molecule has 28 heavy (non-hydrogen) atoms. The summed E-state index contributed by atoms with van der Waals surface area (Å²) in [6.45, 7) is 3.51. The minimum absolute atomic E-state index is 0.0219. The lowest BCUT2D eigenvalue weighted by Gasteiger charge is -2.34. The van der Waals surface area contributed by atoms with E-state index in [1.165, 1.54) is 34.0 Å². The van der Waals surface area contributed by atoms with Crippen LogP contribution in [0.2, 0.25) is 0 Å². The molecule has 2 rings (SSSR count). The second-order valence-corrected chi connectivity index (χ2v) is 5.84. The molecule has 1 aromatic rings. The minimum atomic E-state index is -1.12. The minimum Gasteiger partial charge on any atom is -0.497 e. The Balaban J connectivity index is 2.26. The van der Waals surface area contributed by atoms with Crippen molar-refractivity contribution in [1.29, 1.82) is 0 Å². The van der Waals surface area contributed by atoms with E-state index < -0.39 is 36.4 Å². The summed E-state index contributed by atoms with van der Waals surface area (Å²) in [5.74, 6) is -0.620. The van der Waals surface area contributed by atoms with E-state index in [-0.39, 0.29) is 12.4 Å². The van der Waals surface area contributed by atoms with Gasteiger partial charge in [0, 0.05) is 26.8 Å². The monoisotopic (exact) mass is 394 g/mol. The summed E-state index contributed by atoms with van der Waals surface area (Å²) in [5, 5.41) is 0. The van der Waals surface area contributed by atoms with E-state index in [9.17, 15) is 14.4 Å². The SMILES string of the molecule is COc1ccc(O[C@H]2O[C@H](COC(C)=O)[C@@H](OC(C)=O)C=C2OC(C)=O)cc1. The maximum absolute atomic E-state index is 11.5. The van der Waals surface area contributed by atoms with E-state index in [0.29, 0.717) is 11.5 Å². The topological polar surface area (TPSA) is 107 Å². The van der Waals surface area contributed by atoms with E-state index in [1.54, 1.807) is 24.3 Å². The molecule has 0 N–H and O–H groups in total. The van der Waals surface area contributed by atoms with Crippen LogP contribution in [-0.4, -0.2) is 50.1 Å². The molecule has 1 aliphatic heterocycles. The summed E-state index contributed by atoms with van der Waals surface area (Å²) in [6.07, 6.45) is -1.50. The van der Waals surface area contributed by atoms with Crippen LogP contribution in [0.4, 0.5) is 0 Å². The van der Waals surface area contributed by atoms with Gasteiger partial charge in [-0.15, -0.1) is 0 Å². The Labute approximate surface area is 162 Å². The molecule has 0 saturated carbocycles. The third-order valence-corrected chi connectivity index (χ3v) is 3.54. The lowest BCUT2D eigenvalue weighted by atomic mass is 10.1. The van der Waals surface area contributed by atoms with Crippen molar-refractivity contribution >= 4 is 17.9 Å². The number of hydrogen-bond donors (Lipinski definition) is 0. The molecule has 0 spiro atoms. The number of rotatable bonds is 7. The molecule has 0 amide bonds. The average molecular weight is 394 g/mol. The Kier molecular flexibility index (Phi) is 7.39. The zero-order chi connectivity index (χ0) is 20.7. The van der Waals surface area contributed by atoms with Gasteiger partial charge in [0.1, 0.15) is 24.2 Å². The highest BCUT2D eigenvalue weighted by Gasteiger charge is 2.37. The molecule has 0 unspecified atom stereocenters. The van der Waals surface area contributed by atoms with Crippen LogP contribution in [0.5, 0.6) is 11.5 Å². The van der Waals surface area contributed by atoms with Crippen molar-refractivity contribution in [1.82, 2.24) is 0 Å². The first-order chi connectivity index (χ1) is 13.3. The summed E-state index contributed by atoms with van der Waals surface area (Å²) in [4.78, 5) is 34.0. The Morgan fingerprint density at radius 2 is 1.61 bits per heavy atom. The summed E-state index contributed by atoms with van der Waals surface area (Å²) in [5.41, 5.74) is 0. The number of benzene rings is 1. The van der Waals surface area contributed by atoms with Crippen LogP contribution < -0.4 is 9.47 Å². The van der Waals surface area contributed by atoms with Crippen molar-refractivity contribution in [3.8, 4) is 11.5 Å². The molecule has 0 fully saturated rings. The van der Waals surface area contributed by atoms with Crippen LogP contribution >= 0.6 is 0 Å². The molecule has 3 atom stereocenters. The van der Waals surface area contributed by atoms with Crippen molar-refractivity contribution in [2.75, 3.05) is 13.7 Å². The molecule has 0 aliphatic carbocycles. The van der Waals surface area contributed by atoms with Crippen LogP contribution in [0, 0.1) is 0 Å². The van der Waals surface area contributed by atoms with Crippen molar-refractivity contribution in [2.24, 2.45) is 0 Å². The smallest absolute Gasteiger partial charge is 0.307 e. The molecule has 9 nitrogen and oxygen atoms in total. The van der Waals surface area contributed by atoms with Crippen molar-refractivity contribution in [3.63, 3.8) is 0 Å². The third kappa shape index (κ3) is 6.27. The second-order valence-electron chi connectivity index (χ2n) is 5.84. The van der Waals surface area contributed by atoms with Gasteiger partial charge in [0.2, 0.25) is 0 Å². The third-order valence-electron chi connectivity index (χ3n) is 3.54. The van der Waals surface area contributed by atoms with E-state index in [4.69, 9.17) is 28.4 Å². The Bertz CT molecular complexity index is 738. The van der Waals surface area contributed by atoms with Gasteiger partial charge in [0.25, 0.3) is 6.29 Å². The average Bonchev–Trinajstić information content (AvgIpc) is 2.62. The van der Waals surface area contributed by atoms with Gasteiger partial charge in [-0.05, 0) is 24.3 Å². The van der Waals surface area contributed by atoms with E-state index in [2.05, 4.69) is 0 Å². The highest BCUT2D eigenvalue weighted by atomic mass is 16.7. The van der Waals surface area contributed by atoms with Gasteiger partial charge in [-0.1, -0.05) is 0 Å². The number of methoxy groups -OCH3 is 1. The molecule has 0 radical (unpaired) electrons. The number of esters is 3. The summed E-state index contributed by atoms with van der Waals surface area (Å²) < 4.78 is 31.9. The molecule has 9 heteroatoms. The second kappa shape index (κ2) is 9.75. The molecule has 152 valence electrons. The fourth-order valence-corrected chi connectivity index (χ4v) is 2.40. The zero-order valence-electron chi connectivity index (χ0n) is 16.0. The fraction of sp³-hybridized carbons (Fsp3) is 0.421. The quantitative estimate of drug-likeness (QED) is 0.505. The highest BCUT2D eigenvalue weighted by molar-refractivity contribution is 5.68. The highest BCUT2D eigenvalue weighted by Crippen LogP contribution is 2.27. The lowest BCUT2D eigenvalue weighted by Crippen LogP contribution is -2.45. The molecule has 0 aromatic heterocycles. The first kappa shape index (κ1) is 21.2. The van der Waals surface area contributed by atoms with Gasteiger partial charge in [0.05, 0.1) is 7.11 Å². The fourth-order valence-electron chi connectivity index (χ4n) is 2.40. The number of carbonyl (C=O) groups is 3. The predicted molar refractivity (Wildman–Crippen MR) is 94.3 cm³/mol.